The fourth-order valence-corrected chi connectivity index (χ4v) is 4.78. The molecule has 146 valence electrons. The van der Waals surface area contributed by atoms with Crippen molar-refractivity contribution in [2.45, 2.75) is 64.6 Å². The van der Waals surface area contributed by atoms with Gasteiger partial charge in [0.25, 0.3) is 5.91 Å². The molecule has 2 bridgehead atoms. The van der Waals surface area contributed by atoms with Crippen LogP contribution in [0.2, 0.25) is 0 Å². The molecule has 1 saturated heterocycles. The molecular weight excluding hydrogens is 348 g/mol. The second-order valence-electron chi connectivity index (χ2n) is 7.63. The first-order chi connectivity index (χ1) is 13.1. The number of aromatic nitrogens is 1. The summed E-state index contributed by atoms with van der Waals surface area (Å²) < 4.78 is 12.5. The lowest BCUT2D eigenvalue weighted by atomic mass is 9.95. The number of piperidine rings is 1. The number of unbranched alkanes of at least 4 members (excludes halogenated alkanes) is 1. The molecule has 0 radical (unpaired) electrons. The van der Waals surface area contributed by atoms with E-state index in [1.54, 1.807) is 11.5 Å². The van der Waals surface area contributed by atoms with Gasteiger partial charge in [0, 0.05) is 18.8 Å². The van der Waals surface area contributed by atoms with Gasteiger partial charge < -0.3 is 18.9 Å². The van der Waals surface area contributed by atoms with Gasteiger partial charge in [-0.15, -0.1) is 0 Å². The van der Waals surface area contributed by atoms with Crippen molar-refractivity contribution in [3.8, 4) is 5.75 Å². The lowest BCUT2D eigenvalue weighted by Crippen LogP contribution is -2.52. The van der Waals surface area contributed by atoms with Gasteiger partial charge in [0.15, 0.2) is 11.4 Å². The van der Waals surface area contributed by atoms with Crippen LogP contribution in [0.3, 0.4) is 0 Å². The first kappa shape index (κ1) is 18.1. The summed E-state index contributed by atoms with van der Waals surface area (Å²) in [5, 5.41) is 0. The van der Waals surface area contributed by atoms with Crippen LogP contribution in [0.25, 0.3) is 0 Å². The van der Waals surface area contributed by atoms with E-state index >= 15 is 0 Å². The van der Waals surface area contributed by atoms with Crippen LogP contribution in [0.5, 0.6) is 5.75 Å². The van der Waals surface area contributed by atoms with Gasteiger partial charge in [-0.2, -0.15) is 0 Å². The summed E-state index contributed by atoms with van der Waals surface area (Å²) in [6, 6.07) is 0.411. The molecule has 0 spiro atoms. The lowest BCUT2D eigenvalue weighted by molar-refractivity contribution is 0.0465. The minimum absolute atomic E-state index is 0.000210. The van der Waals surface area contributed by atoms with Gasteiger partial charge in [-0.05, 0) is 38.5 Å². The Hall–Kier alpha value is -2.31. The molecular formula is C20H26N2O5. The highest BCUT2D eigenvalue weighted by molar-refractivity contribution is 5.98. The smallest absolute Gasteiger partial charge is 0.343 e. The Morgan fingerprint density at radius 1 is 1.26 bits per heavy atom. The molecule has 2 aliphatic heterocycles. The number of hydrogen-bond acceptors (Lipinski definition) is 5. The molecule has 3 aliphatic rings. The maximum atomic E-state index is 13.3. The molecule has 1 aromatic heterocycles. The minimum atomic E-state index is -0.666. The van der Waals surface area contributed by atoms with Crippen LogP contribution in [0.15, 0.2) is 11.0 Å². The number of fused-ring (bicyclic) bond motifs is 6. The van der Waals surface area contributed by atoms with Gasteiger partial charge in [-0.3, -0.25) is 9.59 Å². The average molecular weight is 374 g/mol. The summed E-state index contributed by atoms with van der Waals surface area (Å²) >= 11 is 0. The summed E-state index contributed by atoms with van der Waals surface area (Å²) in [6.45, 7) is 4.85. The molecule has 0 aromatic carbocycles. The van der Waals surface area contributed by atoms with Gasteiger partial charge in [-0.1, -0.05) is 13.3 Å². The normalized spacial score (nSPS) is 25.3. The van der Waals surface area contributed by atoms with Crippen molar-refractivity contribution < 1.29 is 19.1 Å². The van der Waals surface area contributed by atoms with Crippen molar-refractivity contribution in [3.63, 3.8) is 0 Å². The summed E-state index contributed by atoms with van der Waals surface area (Å²) in [6.07, 6.45) is 6.37. The molecule has 1 aliphatic carbocycles. The lowest BCUT2D eigenvalue weighted by Gasteiger charge is -2.40. The summed E-state index contributed by atoms with van der Waals surface area (Å²) in [5.74, 6) is -0.305. The predicted molar refractivity (Wildman–Crippen MR) is 98.1 cm³/mol. The highest BCUT2D eigenvalue weighted by Crippen LogP contribution is 2.46. The van der Waals surface area contributed by atoms with E-state index in [1.165, 1.54) is 6.20 Å². The predicted octanol–water partition coefficient (Wildman–Crippen LogP) is 2.21. The van der Waals surface area contributed by atoms with Crippen LogP contribution in [0.4, 0.5) is 0 Å². The minimum Gasteiger partial charge on any atom is -0.487 e. The van der Waals surface area contributed by atoms with Crippen molar-refractivity contribution in [3.05, 3.63) is 27.7 Å². The molecule has 4 rings (SSSR count). The fraction of sp³-hybridized carbons (Fsp3) is 0.650. The number of pyridine rings is 1. The second-order valence-corrected chi connectivity index (χ2v) is 7.63. The molecule has 3 heterocycles. The molecule has 0 N–H and O–H groups in total. The molecule has 1 saturated carbocycles. The van der Waals surface area contributed by atoms with Gasteiger partial charge >= 0.3 is 5.97 Å². The van der Waals surface area contributed by atoms with Crippen molar-refractivity contribution in [1.29, 1.82) is 0 Å². The summed E-state index contributed by atoms with van der Waals surface area (Å²) in [7, 11) is 0. The molecule has 7 nitrogen and oxygen atoms in total. The maximum absolute atomic E-state index is 13.3. The van der Waals surface area contributed by atoms with Crippen LogP contribution in [0, 0.1) is 5.92 Å². The fourth-order valence-electron chi connectivity index (χ4n) is 4.78. The number of ether oxygens (including phenoxy) is 2. The van der Waals surface area contributed by atoms with E-state index in [9.17, 15) is 14.4 Å². The van der Waals surface area contributed by atoms with Crippen LogP contribution in [0.1, 0.15) is 66.8 Å². The van der Waals surface area contributed by atoms with E-state index in [0.29, 0.717) is 19.1 Å². The number of rotatable bonds is 6. The van der Waals surface area contributed by atoms with E-state index in [4.69, 9.17) is 9.47 Å². The quantitative estimate of drug-likeness (QED) is 0.564. The number of carbonyl (C=O) groups is 2. The van der Waals surface area contributed by atoms with Crippen molar-refractivity contribution in [1.82, 2.24) is 9.47 Å². The Kier molecular flexibility index (Phi) is 4.70. The van der Waals surface area contributed by atoms with E-state index < -0.39 is 11.4 Å². The van der Waals surface area contributed by atoms with Crippen molar-refractivity contribution in [2.24, 2.45) is 5.92 Å². The van der Waals surface area contributed by atoms with Crippen molar-refractivity contribution >= 4 is 11.9 Å². The Morgan fingerprint density at radius 2 is 2.07 bits per heavy atom. The second kappa shape index (κ2) is 7.02. The Bertz CT molecular complexity index is 830. The third-order valence-electron chi connectivity index (χ3n) is 6.04. The largest absolute Gasteiger partial charge is 0.487 e. The zero-order valence-electron chi connectivity index (χ0n) is 15.9. The highest BCUT2D eigenvalue weighted by atomic mass is 16.5. The van der Waals surface area contributed by atoms with Crippen LogP contribution in [-0.2, 0) is 11.3 Å². The van der Waals surface area contributed by atoms with Gasteiger partial charge in [0.1, 0.15) is 5.56 Å². The average Bonchev–Trinajstić information content (AvgIpc) is 3.25. The summed E-state index contributed by atoms with van der Waals surface area (Å²) in [4.78, 5) is 40.5. The molecule has 27 heavy (non-hydrogen) atoms. The molecule has 0 unspecified atom stereocenters. The number of nitrogens with zero attached hydrogens (tertiary/aromatic N) is 2. The maximum Gasteiger partial charge on any atom is 0.343 e. The molecule has 7 heteroatoms. The topological polar surface area (TPSA) is 77.8 Å². The van der Waals surface area contributed by atoms with Crippen LogP contribution < -0.4 is 10.2 Å². The standard InChI is InChI=1S/C20H26N2O5/c1-3-5-8-27-18-16-19(24)22-13-7-6-12(9-13)15(22)11-21(16)10-14(17(18)23)20(25)26-4-2/h10,12-13,15H,3-9,11H2,1-2H3/t12-,13+,15+/m0/s1. The molecule has 3 atom stereocenters. The van der Waals surface area contributed by atoms with E-state index in [2.05, 4.69) is 0 Å². The number of hydrogen-bond donors (Lipinski definition) is 0. The third-order valence-corrected chi connectivity index (χ3v) is 6.04. The van der Waals surface area contributed by atoms with Crippen molar-refractivity contribution in [2.75, 3.05) is 13.2 Å². The van der Waals surface area contributed by atoms with Gasteiger partial charge in [0.2, 0.25) is 5.43 Å². The zero-order chi connectivity index (χ0) is 19.1. The first-order valence-electron chi connectivity index (χ1n) is 9.96. The molecule has 1 amide bonds. The molecule has 1 aromatic rings. The number of esters is 1. The molecule has 2 fully saturated rings. The van der Waals surface area contributed by atoms with E-state index in [1.807, 2.05) is 11.8 Å². The van der Waals surface area contributed by atoms with E-state index in [-0.39, 0.29) is 41.6 Å². The first-order valence-corrected chi connectivity index (χ1v) is 9.96. The van der Waals surface area contributed by atoms with Crippen LogP contribution in [-0.4, -0.2) is 46.6 Å². The van der Waals surface area contributed by atoms with E-state index in [0.717, 1.165) is 32.1 Å². The Balaban J connectivity index is 1.80. The van der Waals surface area contributed by atoms with Crippen LogP contribution >= 0.6 is 0 Å². The SMILES string of the molecule is CCCCOc1c2n(cc(C(=O)OCC)c1=O)C[C@@H]1[C@H]3CC[C@H](C3)N1C2=O. The number of carbonyl (C=O) groups excluding carboxylic acids is 2. The number of amides is 1. The highest BCUT2D eigenvalue weighted by Gasteiger charge is 2.51. The van der Waals surface area contributed by atoms with Gasteiger partial charge in [0.05, 0.1) is 19.3 Å². The monoisotopic (exact) mass is 374 g/mol. The Labute approximate surface area is 158 Å². The summed E-state index contributed by atoms with van der Waals surface area (Å²) in [5.41, 5.74) is -0.323. The zero-order valence-corrected chi connectivity index (χ0v) is 15.9. The van der Waals surface area contributed by atoms with Gasteiger partial charge in [-0.25, -0.2) is 4.79 Å². The third kappa shape index (κ3) is 2.84. The Morgan fingerprint density at radius 3 is 2.81 bits per heavy atom.